The number of hydrogen-bond acceptors (Lipinski definition) is 3. The molecule has 0 saturated carbocycles. The van der Waals surface area contributed by atoms with Gasteiger partial charge in [0.2, 0.25) is 5.91 Å². The second-order valence-electron chi connectivity index (χ2n) is 4.70. The molecule has 2 aromatic rings. The number of rotatable bonds is 6. The topological polar surface area (TPSA) is 88.4 Å². The molecule has 0 aliphatic rings. The highest BCUT2D eigenvalue weighted by Crippen LogP contribution is 2.12. The van der Waals surface area contributed by atoms with E-state index in [-0.39, 0.29) is 29.6 Å². The summed E-state index contributed by atoms with van der Waals surface area (Å²) in [5, 5.41) is 0. The van der Waals surface area contributed by atoms with Crippen LogP contribution in [-0.2, 0) is 0 Å². The number of nitrogens with one attached hydrogen (secondary N) is 1. The first-order chi connectivity index (χ1) is 10.5. The van der Waals surface area contributed by atoms with Crippen molar-refractivity contribution < 1.29 is 18.7 Å². The van der Waals surface area contributed by atoms with Crippen LogP contribution in [0.15, 0.2) is 36.5 Å². The Morgan fingerprint density at radius 2 is 2.14 bits per heavy atom. The molecule has 0 aliphatic carbocycles. The van der Waals surface area contributed by atoms with Crippen LogP contribution in [0.3, 0.4) is 0 Å². The highest BCUT2D eigenvalue weighted by Gasteiger charge is 2.15. The monoisotopic (exact) mass is 305 g/mol. The van der Waals surface area contributed by atoms with E-state index in [0.29, 0.717) is 12.3 Å². The Hall–Kier alpha value is -2.83. The Kier molecular flexibility index (Phi) is 4.77. The maximum absolute atomic E-state index is 13.0. The van der Waals surface area contributed by atoms with Gasteiger partial charge in [-0.3, -0.25) is 9.59 Å². The number of benzene rings is 1. The molecular formula is C15H16FN3O3. The molecule has 0 radical (unpaired) electrons. The first-order valence-electron chi connectivity index (χ1n) is 6.59. The Balaban J connectivity index is 1.87. The standard InChI is InChI=1S/C15H16FN3O3/c1-19(5-6-22-12-4-2-3-11(16)8-12)15(21)13-7-10(9-18-13)14(17)20/h2-4,7-9,18H,5-6H2,1H3,(H2,17,20). The molecule has 7 heteroatoms. The molecule has 6 nitrogen and oxygen atoms in total. The van der Waals surface area contributed by atoms with Gasteiger partial charge in [0.05, 0.1) is 12.1 Å². The second kappa shape index (κ2) is 6.75. The number of primary amides is 1. The zero-order valence-electron chi connectivity index (χ0n) is 12.0. The lowest BCUT2D eigenvalue weighted by Crippen LogP contribution is -2.31. The number of aromatic amines is 1. The van der Waals surface area contributed by atoms with Crippen LogP contribution in [0.4, 0.5) is 4.39 Å². The number of carbonyl (C=O) groups is 2. The zero-order chi connectivity index (χ0) is 16.1. The van der Waals surface area contributed by atoms with E-state index in [1.807, 2.05) is 0 Å². The minimum absolute atomic E-state index is 0.217. The fourth-order valence-corrected chi connectivity index (χ4v) is 1.82. The lowest BCUT2D eigenvalue weighted by Gasteiger charge is -2.16. The second-order valence-corrected chi connectivity index (χ2v) is 4.70. The van der Waals surface area contributed by atoms with Crippen LogP contribution in [0.25, 0.3) is 0 Å². The number of halogens is 1. The van der Waals surface area contributed by atoms with Crippen LogP contribution in [0.5, 0.6) is 5.75 Å². The van der Waals surface area contributed by atoms with Crippen molar-refractivity contribution >= 4 is 11.8 Å². The van der Waals surface area contributed by atoms with E-state index in [2.05, 4.69) is 4.98 Å². The van der Waals surface area contributed by atoms with Gasteiger partial charge in [-0.25, -0.2) is 4.39 Å². The predicted octanol–water partition coefficient (Wildman–Crippen LogP) is 1.40. The van der Waals surface area contributed by atoms with Crippen LogP contribution in [0.2, 0.25) is 0 Å². The molecule has 0 bridgehead atoms. The number of ether oxygens (including phenoxy) is 1. The van der Waals surface area contributed by atoms with E-state index >= 15 is 0 Å². The normalized spacial score (nSPS) is 10.3. The van der Waals surface area contributed by atoms with Gasteiger partial charge in [-0.1, -0.05) is 6.07 Å². The number of amides is 2. The van der Waals surface area contributed by atoms with Crippen molar-refractivity contribution in [2.24, 2.45) is 5.73 Å². The van der Waals surface area contributed by atoms with Crippen molar-refractivity contribution in [3.8, 4) is 5.75 Å². The number of carbonyl (C=O) groups excluding carboxylic acids is 2. The molecule has 0 aliphatic heterocycles. The number of H-pyrrole nitrogens is 1. The SMILES string of the molecule is CN(CCOc1cccc(F)c1)C(=O)c1cc(C(N)=O)c[nH]1. The lowest BCUT2D eigenvalue weighted by molar-refractivity contribution is 0.0768. The van der Waals surface area contributed by atoms with E-state index in [1.54, 1.807) is 19.2 Å². The highest BCUT2D eigenvalue weighted by atomic mass is 19.1. The summed E-state index contributed by atoms with van der Waals surface area (Å²) in [7, 11) is 1.60. The van der Waals surface area contributed by atoms with Gasteiger partial charge in [-0.15, -0.1) is 0 Å². The number of likely N-dealkylation sites (N-methyl/N-ethyl adjacent to an activating group) is 1. The maximum Gasteiger partial charge on any atom is 0.270 e. The minimum atomic E-state index is -0.604. The van der Waals surface area contributed by atoms with Gasteiger partial charge in [-0.05, 0) is 18.2 Å². The molecule has 3 N–H and O–H groups in total. The highest BCUT2D eigenvalue weighted by molar-refractivity contribution is 5.98. The Labute approximate surface area is 126 Å². The molecule has 0 saturated heterocycles. The summed E-state index contributed by atoms with van der Waals surface area (Å²) in [5.74, 6) is -0.883. The molecular weight excluding hydrogens is 289 g/mol. The molecule has 2 rings (SSSR count). The van der Waals surface area contributed by atoms with Crippen molar-refractivity contribution in [3.63, 3.8) is 0 Å². The quantitative estimate of drug-likeness (QED) is 0.845. The zero-order valence-corrected chi connectivity index (χ0v) is 12.0. The first kappa shape index (κ1) is 15.6. The first-order valence-corrected chi connectivity index (χ1v) is 6.59. The minimum Gasteiger partial charge on any atom is -0.492 e. The van der Waals surface area contributed by atoms with Gasteiger partial charge in [0.1, 0.15) is 23.9 Å². The van der Waals surface area contributed by atoms with Crippen LogP contribution >= 0.6 is 0 Å². The van der Waals surface area contributed by atoms with E-state index in [0.717, 1.165) is 0 Å². The van der Waals surface area contributed by atoms with Crippen LogP contribution < -0.4 is 10.5 Å². The summed E-state index contributed by atoms with van der Waals surface area (Å²) < 4.78 is 18.4. The Morgan fingerprint density at radius 3 is 2.77 bits per heavy atom. The van der Waals surface area contributed by atoms with Gasteiger partial charge in [-0.2, -0.15) is 0 Å². The third kappa shape index (κ3) is 3.85. The summed E-state index contributed by atoms with van der Waals surface area (Å²) in [6, 6.07) is 7.17. The summed E-state index contributed by atoms with van der Waals surface area (Å²) in [5.41, 5.74) is 5.63. The molecule has 1 heterocycles. The molecule has 0 unspecified atom stereocenters. The van der Waals surface area contributed by atoms with Crippen molar-refractivity contribution in [2.45, 2.75) is 0 Å². The van der Waals surface area contributed by atoms with Gasteiger partial charge in [0.25, 0.3) is 5.91 Å². The third-order valence-corrected chi connectivity index (χ3v) is 3.04. The van der Waals surface area contributed by atoms with Crippen molar-refractivity contribution in [2.75, 3.05) is 20.2 Å². The van der Waals surface area contributed by atoms with E-state index in [4.69, 9.17) is 10.5 Å². The van der Waals surface area contributed by atoms with Crippen LogP contribution in [0, 0.1) is 5.82 Å². The summed E-state index contributed by atoms with van der Waals surface area (Å²) >= 11 is 0. The van der Waals surface area contributed by atoms with Gasteiger partial charge >= 0.3 is 0 Å². The molecule has 2 amide bonds. The van der Waals surface area contributed by atoms with E-state index in [1.165, 1.54) is 29.3 Å². The fraction of sp³-hybridized carbons (Fsp3) is 0.200. The average Bonchev–Trinajstić information content (AvgIpc) is 2.96. The summed E-state index contributed by atoms with van der Waals surface area (Å²) in [4.78, 5) is 27.2. The molecule has 0 fully saturated rings. The molecule has 0 spiro atoms. The van der Waals surface area contributed by atoms with Gasteiger partial charge < -0.3 is 20.4 Å². The smallest absolute Gasteiger partial charge is 0.270 e. The largest absolute Gasteiger partial charge is 0.492 e. The third-order valence-electron chi connectivity index (χ3n) is 3.04. The number of aromatic nitrogens is 1. The molecule has 22 heavy (non-hydrogen) atoms. The predicted molar refractivity (Wildman–Crippen MR) is 78.2 cm³/mol. The van der Waals surface area contributed by atoms with Crippen molar-refractivity contribution in [3.05, 3.63) is 53.6 Å². The Morgan fingerprint density at radius 1 is 1.36 bits per heavy atom. The van der Waals surface area contributed by atoms with Gasteiger partial charge in [0.15, 0.2) is 0 Å². The number of hydrogen-bond donors (Lipinski definition) is 2. The lowest BCUT2D eigenvalue weighted by atomic mass is 10.3. The Bertz CT molecular complexity index is 684. The fourth-order valence-electron chi connectivity index (χ4n) is 1.82. The maximum atomic E-state index is 13.0. The summed E-state index contributed by atoms with van der Waals surface area (Å²) in [6.07, 6.45) is 1.38. The molecule has 1 aromatic heterocycles. The van der Waals surface area contributed by atoms with Crippen molar-refractivity contribution in [1.82, 2.24) is 9.88 Å². The van der Waals surface area contributed by atoms with E-state index < -0.39 is 5.91 Å². The van der Waals surface area contributed by atoms with Crippen molar-refractivity contribution in [1.29, 1.82) is 0 Å². The molecule has 116 valence electrons. The average molecular weight is 305 g/mol. The van der Waals surface area contributed by atoms with Crippen LogP contribution in [-0.4, -0.2) is 41.9 Å². The molecule has 0 atom stereocenters. The summed E-state index contributed by atoms with van der Waals surface area (Å²) in [6.45, 7) is 0.523. The number of nitrogens with zero attached hydrogens (tertiary/aromatic N) is 1. The van der Waals surface area contributed by atoms with Crippen LogP contribution in [0.1, 0.15) is 20.8 Å². The molecule has 1 aromatic carbocycles. The van der Waals surface area contributed by atoms with Gasteiger partial charge in [0, 0.05) is 19.3 Å². The van der Waals surface area contributed by atoms with E-state index in [9.17, 15) is 14.0 Å². The number of nitrogens with two attached hydrogens (primary N) is 1.